The molecule has 5 nitrogen and oxygen atoms in total. The SMILES string of the molecule is C=C/C(=C\CC)c1ccc(N(C2=CC=C3c4ccccc4C(C)(C)C3C2)c2ccc(N3CCN=C/C=C\C3=C\Nc3ccc4c(c3)c3ccccc3n4-c3ccccc3)cc2)cc1.CC. The van der Waals surface area contributed by atoms with Gasteiger partial charge in [-0.05, 0) is 143 Å². The van der Waals surface area contributed by atoms with Crippen LogP contribution in [0.3, 0.4) is 0 Å². The fourth-order valence-corrected chi connectivity index (χ4v) is 10.00. The molecule has 2 aliphatic carbocycles. The first-order valence-corrected chi connectivity index (χ1v) is 23.3. The highest BCUT2D eigenvalue weighted by molar-refractivity contribution is 6.10. The Morgan fingerprint density at radius 2 is 1.49 bits per heavy atom. The summed E-state index contributed by atoms with van der Waals surface area (Å²) in [6, 6.07) is 53.0. The molecule has 5 heteroatoms. The first kappa shape index (κ1) is 42.9. The molecule has 3 aliphatic rings. The number of fused-ring (bicyclic) bond motifs is 6. The van der Waals surface area contributed by atoms with Gasteiger partial charge in [0, 0.05) is 63.9 Å². The lowest BCUT2D eigenvalue weighted by molar-refractivity contribution is 0.406. The molecule has 0 saturated carbocycles. The third kappa shape index (κ3) is 8.19. The third-order valence-electron chi connectivity index (χ3n) is 13.2. The molecular weight excluding hydrogens is 791 g/mol. The zero-order chi connectivity index (χ0) is 44.9. The van der Waals surface area contributed by atoms with Crippen LogP contribution in [0.2, 0.25) is 0 Å². The number of benzene rings is 6. The molecule has 6 aromatic carbocycles. The van der Waals surface area contributed by atoms with E-state index < -0.39 is 0 Å². The second kappa shape index (κ2) is 18.8. The molecule has 0 saturated heterocycles. The van der Waals surface area contributed by atoms with Gasteiger partial charge in [0.2, 0.25) is 0 Å². The van der Waals surface area contributed by atoms with Gasteiger partial charge >= 0.3 is 0 Å². The molecule has 2 heterocycles. The molecule has 10 rings (SSSR count). The van der Waals surface area contributed by atoms with Gasteiger partial charge in [-0.15, -0.1) is 0 Å². The Morgan fingerprint density at radius 1 is 0.785 bits per heavy atom. The minimum atomic E-state index is 0.0240. The lowest BCUT2D eigenvalue weighted by Gasteiger charge is -2.36. The molecule has 324 valence electrons. The van der Waals surface area contributed by atoms with Crippen LogP contribution >= 0.6 is 0 Å². The quantitative estimate of drug-likeness (QED) is 0.139. The summed E-state index contributed by atoms with van der Waals surface area (Å²) >= 11 is 0. The Bertz CT molecular complexity index is 3030. The van der Waals surface area contributed by atoms with Gasteiger partial charge in [-0.3, -0.25) is 4.99 Å². The first-order chi connectivity index (χ1) is 31.9. The maximum absolute atomic E-state index is 4.65. The topological polar surface area (TPSA) is 35.8 Å². The number of anilines is 4. The predicted octanol–water partition coefficient (Wildman–Crippen LogP) is 15.6. The van der Waals surface area contributed by atoms with Crippen LogP contribution < -0.4 is 15.1 Å². The van der Waals surface area contributed by atoms with E-state index in [1.165, 1.54) is 49.8 Å². The van der Waals surface area contributed by atoms with E-state index in [1.807, 2.05) is 32.2 Å². The van der Waals surface area contributed by atoms with Gasteiger partial charge in [0.25, 0.3) is 0 Å². The second-order valence-electron chi connectivity index (χ2n) is 17.2. The minimum absolute atomic E-state index is 0.0240. The monoisotopic (exact) mass is 849 g/mol. The van der Waals surface area contributed by atoms with E-state index in [0.29, 0.717) is 12.5 Å². The summed E-state index contributed by atoms with van der Waals surface area (Å²) in [5.41, 5.74) is 16.9. The van der Waals surface area contributed by atoms with Gasteiger partial charge in [0.1, 0.15) is 0 Å². The van der Waals surface area contributed by atoms with Gasteiger partial charge in [-0.2, -0.15) is 0 Å². The number of hydrogen-bond acceptors (Lipinski definition) is 4. The molecule has 0 radical (unpaired) electrons. The summed E-state index contributed by atoms with van der Waals surface area (Å²) in [6.45, 7) is 16.5. The van der Waals surface area contributed by atoms with Crippen LogP contribution in [-0.2, 0) is 5.41 Å². The van der Waals surface area contributed by atoms with Crippen molar-refractivity contribution in [1.29, 1.82) is 0 Å². The summed E-state index contributed by atoms with van der Waals surface area (Å²) in [5, 5.41) is 6.12. The van der Waals surface area contributed by atoms with Crippen molar-refractivity contribution in [2.24, 2.45) is 10.9 Å². The van der Waals surface area contributed by atoms with Crippen LogP contribution in [0.5, 0.6) is 0 Å². The fourth-order valence-electron chi connectivity index (χ4n) is 10.00. The highest BCUT2D eigenvalue weighted by Crippen LogP contribution is 2.54. The number of rotatable bonds is 10. The number of nitrogens with one attached hydrogen (secondary N) is 1. The molecule has 65 heavy (non-hydrogen) atoms. The van der Waals surface area contributed by atoms with Crippen molar-refractivity contribution in [2.45, 2.75) is 52.9 Å². The zero-order valence-corrected chi connectivity index (χ0v) is 38.4. The van der Waals surface area contributed by atoms with Crippen molar-refractivity contribution < 1.29 is 0 Å². The van der Waals surface area contributed by atoms with Crippen LogP contribution in [0.4, 0.5) is 22.7 Å². The largest absolute Gasteiger partial charge is 0.360 e. The van der Waals surface area contributed by atoms with Crippen molar-refractivity contribution in [3.63, 3.8) is 0 Å². The van der Waals surface area contributed by atoms with Crippen LogP contribution in [0.1, 0.15) is 64.2 Å². The second-order valence-corrected chi connectivity index (χ2v) is 17.2. The van der Waals surface area contributed by atoms with Crippen LogP contribution in [0, 0.1) is 5.92 Å². The molecule has 0 bridgehead atoms. The molecule has 0 fully saturated rings. The van der Waals surface area contributed by atoms with Crippen LogP contribution in [0.25, 0.3) is 38.6 Å². The van der Waals surface area contributed by atoms with Gasteiger partial charge in [0.15, 0.2) is 0 Å². The van der Waals surface area contributed by atoms with E-state index in [2.05, 4.69) is 228 Å². The molecule has 0 amide bonds. The van der Waals surface area contributed by atoms with E-state index in [4.69, 9.17) is 0 Å². The minimum Gasteiger partial charge on any atom is -0.360 e. The zero-order valence-electron chi connectivity index (χ0n) is 38.4. The van der Waals surface area contributed by atoms with E-state index in [-0.39, 0.29) is 5.41 Å². The van der Waals surface area contributed by atoms with Crippen molar-refractivity contribution in [3.05, 3.63) is 223 Å². The molecule has 1 aliphatic heterocycles. The average molecular weight is 850 g/mol. The Morgan fingerprint density at radius 3 is 2.26 bits per heavy atom. The number of para-hydroxylation sites is 2. The summed E-state index contributed by atoms with van der Waals surface area (Å²) in [5.74, 6) is 0.382. The lowest BCUT2D eigenvalue weighted by Crippen LogP contribution is -2.29. The summed E-state index contributed by atoms with van der Waals surface area (Å²) in [7, 11) is 0. The standard InChI is InChI=1S/C58H53N5.C2H6/c1-5-15-41(6-2)42-23-26-46(27-24-42)62(48-32-33-51-50-19-10-12-21-54(50)58(3,4)55(51)39-48)47-30-28-44(29-31-47)61-37-36-59-35-14-18-49(61)40-60-43-25-34-57-53(38-43)52-20-11-13-22-56(52)63(57)45-16-8-7-9-17-45;1-2/h6-35,38,40,55,60H,2,5,36-37,39H2,1,3-4H3;1-2H3/b18-14-,41-15+,49-40-,59-35?;. The Balaban J connectivity index is 0.00000263. The van der Waals surface area contributed by atoms with Crippen molar-refractivity contribution in [1.82, 2.24) is 4.57 Å². The van der Waals surface area contributed by atoms with Crippen LogP contribution in [-0.4, -0.2) is 23.9 Å². The van der Waals surface area contributed by atoms with E-state index >= 15 is 0 Å². The number of aliphatic imine (C=N–C) groups is 1. The van der Waals surface area contributed by atoms with Crippen molar-refractivity contribution in [2.75, 3.05) is 28.2 Å². The van der Waals surface area contributed by atoms with E-state index in [9.17, 15) is 0 Å². The summed E-state index contributed by atoms with van der Waals surface area (Å²) in [6.07, 6.45) is 19.0. The van der Waals surface area contributed by atoms with Gasteiger partial charge in [-0.1, -0.05) is 132 Å². The molecular formula is C60H59N5. The smallest absolute Gasteiger partial charge is 0.0574 e. The van der Waals surface area contributed by atoms with E-state index in [0.717, 1.165) is 59.1 Å². The van der Waals surface area contributed by atoms with Gasteiger partial charge in [-0.25, -0.2) is 0 Å². The molecule has 1 N–H and O–H groups in total. The number of allylic oxidation sites excluding steroid dienone is 9. The Kier molecular flexibility index (Phi) is 12.4. The number of hydrogen-bond donors (Lipinski definition) is 1. The first-order valence-electron chi connectivity index (χ1n) is 23.3. The molecule has 1 atom stereocenters. The molecule has 1 unspecified atom stereocenters. The van der Waals surface area contributed by atoms with Gasteiger partial charge in [0.05, 0.1) is 23.3 Å². The number of aromatic nitrogens is 1. The maximum atomic E-state index is 4.65. The van der Waals surface area contributed by atoms with Crippen LogP contribution in [0.15, 0.2) is 211 Å². The normalized spacial score (nSPS) is 17.6. The highest BCUT2D eigenvalue weighted by Gasteiger charge is 2.44. The van der Waals surface area contributed by atoms with E-state index in [1.54, 1.807) is 0 Å². The lowest BCUT2D eigenvalue weighted by atomic mass is 9.74. The van der Waals surface area contributed by atoms with Crippen molar-refractivity contribution in [3.8, 4) is 5.69 Å². The molecule has 1 aromatic heterocycles. The Labute approximate surface area is 385 Å². The molecule has 7 aromatic rings. The Hall–Kier alpha value is -7.37. The van der Waals surface area contributed by atoms with Gasteiger partial charge < -0.3 is 19.7 Å². The summed E-state index contributed by atoms with van der Waals surface area (Å²) < 4.78 is 2.35. The average Bonchev–Trinajstić information content (AvgIpc) is 3.79. The predicted molar refractivity (Wildman–Crippen MR) is 281 cm³/mol. The summed E-state index contributed by atoms with van der Waals surface area (Å²) in [4.78, 5) is 9.46. The highest BCUT2D eigenvalue weighted by atomic mass is 15.2. The number of nitrogens with zero attached hydrogens (tertiary/aromatic N) is 4. The fraction of sp³-hybridized carbons (Fsp3) is 0.183. The maximum Gasteiger partial charge on any atom is 0.0574 e. The third-order valence-corrected chi connectivity index (χ3v) is 13.2. The molecule has 0 spiro atoms. The van der Waals surface area contributed by atoms with Crippen molar-refractivity contribution >= 4 is 61.9 Å².